The van der Waals surface area contributed by atoms with Gasteiger partial charge in [0.05, 0.1) is 11.6 Å². The molecule has 3 rings (SSSR count). The van der Waals surface area contributed by atoms with Crippen molar-refractivity contribution in [1.82, 2.24) is 9.88 Å². The van der Waals surface area contributed by atoms with Crippen molar-refractivity contribution in [2.75, 3.05) is 31.1 Å². The van der Waals surface area contributed by atoms with Crippen LogP contribution in [0.5, 0.6) is 0 Å². The Kier molecular flexibility index (Phi) is 3.75. The van der Waals surface area contributed by atoms with E-state index in [1.807, 2.05) is 0 Å². The number of rotatable bonds is 3. The van der Waals surface area contributed by atoms with Gasteiger partial charge in [-0.3, -0.25) is 4.90 Å². The van der Waals surface area contributed by atoms with Crippen LogP contribution in [0.25, 0.3) is 0 Å². The van der Waals surface area contributed by atoms with Crippen LogP contribution in [0.1, 0.15) is 31.4 Å². The van der Waals surface area contributed by atoms with Gasteiger partial charge >= 0.3 is 0 Å². The van der Waals surface area contributed by atoms with Gasteiger partial charge in [-0.2, -0.15) is 4.98 Å². The van der Waals surface area contributed by atoms with E-state index in [4.69, 9.17) is 16.0 Å². The van der Waals surface area contributed by atoms with Crippen LogP contribution in [0, 0.1) is 0 Å². The Balaban J connectivity index is 1.60. The summed E-state index contributed by atoms with van der Waals surface area (Å²) in [6.45, 7) is 4.61. The summed E-state index contributed by atoms with van der Waals surface area (Å²) in [4.78, 5) is 9.28. The van der Waals surface area contributed by atoms with E-state index in [0.717, 1.165) is 24.8 Å². The predicted molar refractivity (Wildman–Crippen MR) is 72.1 cm³/mol. The standard InChI is InChI=1S/C13H20ClN3O/c14-8-11-10-18-13(15-11)17-7-4-12(9-17)16-5-2-1-3-6-16/h10,12H,1-9H2. The predicted octanol–water partition coefficient (Wildman–Crippen LogP) is 2.48. The highest BCUT2D eigenvalue weighted by atomic mass is 35.5. The van der Waals surface area contributed by atoms with Gasteiger partial charge in [-0.1, -0.05) is 6.42 Å². The molecule has 1 aromatic heterocycles. The monoisotopic (exact) mass is 269 g/mol. The number of anilines is 1. The number of oxazole rings is 1. The van der Waals surface area contributed by atoms with Gasteiger partial charge in [0.25, 0.3) is 6.01 Å². The molecule has 18 heavy (non-hydrogen) atoms. The quantitative estimate of drug-likeness (QED) is 0.790. The Labute approximate surface area is 113 Å². The maximum absolute atomic E-state index is 5.75. The van der Waals surface area contributed by atoms with Crippen molar-refractivity contribution in [3.05, 3.63) is 12.0 Å². The molecule has 1 atom stereocenters. The van der Waals surface area contributed by atoms with Gasteiger partial charge in [0.15, 0.2) is 0 Å². The first-order valence-electron chi connectivity index (χ1n) is 6.86. The maximum atomic E-state index is 5.75. The molecule has 2 aliphatic rings. The molecule has 0 aliphatic carbocycles. The first-order chi connectivity index (χ1) is 8.86. The first kappa shape index (κ1) is 12.3. The Morgan fingerprint density at radius 1 is 1.28 bits per heavy atom. The van der Waals surface area contributed by atoms with Crippen LogP contribution in [-0.4, -0.2) is 42.1 Å². The molecule has 100 valence electrons. The zero-order valence-electron chi connectivity index (χ0n) is 10.6. The van der Waals surface area contributed by atoms with Crippen LogP contribution in [-0.2, 0) is 5.88 Å². The molecule has 0 N–H and O–H groups in total. The van der Waals surface area contributed by atoms with E-state index < -0.39 is 0 Å². The zero-order valence-corrected chi connectivity index (χ0v) is 11.4. The van der Waals surface area contributed by atoms with Gasteiger partial charge in [-0.25, -0.2) is 0 Å². The topological polar surface area (TPSA) is 32.5 Å². The van der Waals surface area contributed by atoms with Crippen LogP contribution >= 0.6 is 11.6 Å². The molecule has 1 aromatic rings. The minimum atomic E-state index is 0.424. The van der Waals surface area contributed by atoms with Crippen molar-refractivity contribution < 1.29 is 4.42 Å². The lowest BCUT2D eigenvalue weighted by atomic mass is 10.1. The Morgan fingerprint density at radius 3 is 2.83 bits per heavy atom. The van der Waals surface area contributed by atoms with Gasteiger partial charge in [0, 0.05) is 19.1 Å². The maximum Gasteiger partial charge on any atom is 0.297 e. The lowest BCUT2D eigenvalue weighted by Crippen LogP contribution is -2.40. The number of likely N-dealkylation sites (tertiary alicyclic amines) is 1. The molecule has 5 heteroatoms. The Bertz CT molecular complexity index is 389. The fraction of sp³-hybridized carbons (Fsp3) is 0.769. The van der Waals surface area contributed by atoms with Crippen LogP contribution in [0.3, 0.4) is 0 Å². The summed E-state index contributed by atoms with van der Waals surface area (Å²) in [6.07, 6.45) is 6.98. The van der Waals surface area contributed by atoms with Crippen LogP contribution in [0.4, 0.5) is 6.01 Å². The van der Waals surface area contributed by atoms with E-state index >= 15 is 0 Å². The summed E-state index contributed by atoms with van der Waals surface area (Å²) in [7, 11) is 0. The lowest BCUT2D eigenvalue weighted by Gasteiger charge is -2.31. The third-order valence-electron chi connectivity index (χ3n) is 4.02. The van der Waals surface area contributed by atoms with E-state index in [0.29, 0.717) is 11.9 Å². The minimum Gasteiger partial charge on any atom is -0.432 e. The average Bonchev–Trinajstić information content (AvgIpc) is 3.08. The van der Waals surface area contributed by atoms with E-state index in [1.165, 1.54) is 38.8 Å². The van der Waals surface area contributed by atoms with Crippen molar-refractivity contribution in [3.8, 4) is 0 Å². The van der Waals surface area contributed by atoms with Gasteiger partial charge in [-0.05, 0) is 32.4 Å². The van der Waals surface area contributed by atoms with Crippen LogP contribution < -0.4 is 4.90 Å². The Morgan fingerprint density at radius 2 is 2.11 bits per heavy atom. The third kappa shape index (κ3) is 2.50. The first-order valence-corrected chi connectivity index (χ1v) is 7.39. The van der Waals surface area contributed by atoms with Crippen molar-refractivity contribution in [2.24, 2.45) is 0 Å². The molecule has 1 unspecified atom stereocenters. The molecular formula is C13H20ClN3O. The molecule has 3 heterocycles. The van der Waals surface area contributed by atoms with Crippen molar-refractivity contribution >= 4 is 17.6 Å². The number of nitrogens with zero attached hydrogens (tertiary/aromatic N) is 3. The molecule has 0 amide bonds. The molecule has 4 nitrogen and oxygen atoms in total. The second-order valence-corrected chi connectivity index (χ2v) is 5.51. The number of alkyl halides is 1. The van der Waals surface area contributed by atoms with Crippen molar-refractivity contribution in [2.45, 2.75) is 37.6 Å². The van der Waals surface area contributed by atoms with Crippen molar-refractivity contribution in [1.29, 1.82) is 0 Å². The number of piperidine rings is 1. The van der Waals surface area contributed by atoms with Crippen LogP contribution in [0.2, 0.25) is 0 Å². The van der Waals surface area contributed by atoms with E-state index in [2.05, 4.69) is 14.8 Å². The summed E-state index contributed by atoms with van der Waals surface area (Å²) in [5, 5.41) is 0. The van der Waals surface area contributed by atoms with Crippen molar-refractivity contribution in [3.63, 3.8) is 0 Å². The fourth-order valence-electron chi connectivity index (χ4n) is 3.00. The average molecular weight is 270 g/mol. The molecule has 2 fully saturated rings. The zero-order chi connectivity index (χ0) is 12.4. The molecule has 2 aliphatic heterocycles. The summed E-state index contributed by atoms with van der Waals surface area (Å²) in [5.41, 5.74) is 0.827. The second kappa shape index (κ2) is 5.49. The number of halogens is 1. The highest BCUT2D eigenvalue weighted by Crippen LogP contribution is 2.24. The number of hydrogen-bond acceptors (Lipinski definition) is 4. The molecule has 0 radical (unpaired) electrons. The minimum absolute atomic E-state index is 0.424. The molecule has 0 aromatic carbocycles. The molecule has 0 spiro atoms. The van der Waals surface area contributed by atoms with E-state index in [1.54, 1.807) is 6.26 Å². The largest absolute Gasteiger partial charge is 0.432 e. The van der Waals surface area contributed by atoms with Gasteiger partial charge in [0.2, 0.25) is 0 Å². The highest BCUT2D eigenvalue weighted by molar-refractivity contribution is 6.16. The number of aromatic nitrogens is 1. The summed E-state index contributed by atoms with van der Waals surface area (Å²) in [6, 6.07) is 1.42. The third-order valence-corrected chi connectivity index (χ3v) is 4.29. The molecule has 2 saturated heterocycles. The molecule has 0 saturated carbocycles. The second-order valence-electron chi connectivity index (χ2n) is 5.24. The fourth-order valence-corrected chi connectivity index (χ4v) is 3.12. The summed E-state index contributed by atoms with van der Waals surface area (Å²) >= 11 is 5.75. The highest BCUT2D eigenvalue weighted by Gasteiger charge is 2.30. The SMILES string of the molecule is ClCc1coc(N2CCC(N3CCCCC3)C2)n1. The smallest absolute Gasteiger partial charge is 0.297 e. The van der Waals surface area contributed by atoms with Crippen LogP contribution in [0.15, 0.2) is 10.7 Å². The molecular weight excluding hydrogens is 250 g/mol. The number of hydrogen-bond donors (Lipinski definition) is 0. The van der Waals surface area contributed by atoms with E-state index in [-0.39, 0.29) is 0 Å². The lowest BCUT2D eigenvalue weighted by molar-refractivity contribution is 0.174. The molecule has 0 bridgehead atoms. The normalized spacial score (nSPS) is 25.8. The summed E-state index contributed by atoms with van der Waals surface area (Å²) in [5.74, 6) is 0.424. The Hall–Kier alpha value is -0.740. The van der Waals surface area contributed by atoms with E-state index in [9.17, 15) is 0 Å². The van der Waals surface area contributed by atoms with Gasteiger partial charge < -0.3 is 9.32 Å². The van der Waals surface area contributed by atoms with Gasteiger partial charge in [-0.15, -0.1) is 11.6 Å². The summed E-state index contributed by atoms with van der Waals surface area (Å²) < 4.78 is 5.49. The van der Waals surface area contributed by atoms with Gasteiger partial charge in [0.1, 0.15) is 6.26 Å².